The number of carbonyl (C=O) groups excluding carboxylic acids is 3. The van der Waals surface area contributed by atoms with Gasteiger partial charge in [-0.15, -0.1) is 13.2 Å². The highest BCUT2D eigenvalue weighted by Crippen LogP contribution is 2.65. The van der Waals surface area contributed by atoms with Gasteiger partial charge in [0.25, 0.3) is 0 Å². The van der Waals surface area contributed by atoms with E-state index in [4.69, 9.17) is 4.74 Å². The molecule has 3 unspecified atom stereocenters. The van der Waals surface area contributed by atoms with Crippen molar-refractivity contribution in [2.75, 3.05) is 26.2 Å². The Hall–Kier alpha value is -2.97. The number of nitrogens with zero attached hydrogens (tertiary/aromatic N) is 3. The van der Waals surface area contributed by atoms with E-state index in [0.717, 1.165) is 24.8 Å². The molecular formula is C34H49N3O5. The molecule has 0 radical (unpaired) electrons. The summed E-state index contributed by atoms with van der Waals surface area (Å²) in [5, 5.41) is 10.8. The topological polar surface area (TPSA) is 90.4 Å². The van der Waals surface area contributed by atoms with Gasteiger partial charge in [-0.25, -0.2) is 0 Å². The van der Waals surface area contributed by atoms with Gasteiger partial charge in [-0.05, 0) is 44.6 Å². The number of amides is 3. The summed E-state index contributed by atoms with van der Waals surface area (Å²) >= 11 is 0. The van der Waals surface area contributed by atoms with Crippen molar-refractivity contribution in [1.29, 1.82) is 0 Å². The summed E-state index contributed by atoms with van der Waals surface area (Å²) < 4.78 is 7.00. The summed E-state index contributed by atoms with van der Waals surface area (Å²) in [5.41, 5.74) is -1.25. The normalized spacial score (nSPS) is 29.2. The number of likely N-dealkylation sites (tertiary alicyclic amines) is 1. The average Bonchev–Trinajstić information content (AvgIpc) is 3.60. The number of benzene rings is 1. The van der Waals surface area contributed by atoms with Gasteiger partial charge < -0.3 is 24.5 Å². The second-order valence-electron chi connectivity index (χ2n) is 12.2. The Labute approximate surface area is 251 Å². The molecule has 0 saturated carbocycles. The molecule has 3 aliphatic rings. The van der Waals surface area contributed by atoms with Gasteiger partial charge in [0.05, 0.1) is 30.1 Å². The van der Waals surface area contributed by atoms with Crippen molar-refractivity contribution >= 4 is 17.7 Å². The summed E-state index contributed by atoms with van der Waals surface area (Å²) in [6.45, 7) is 16.8. The molecule has 1 spiro atoms. The third kappa shape index (κ3) is 5.11. The van der Waals surface area contributed by atoms with Gasteiger partial charge in [-0.2, -0.15) is 0 Å². The van der Waals surface area contributed by atoms with Crippen molar-refractivity contribution < 1.29 is 24.2 Å². The van der Waals surface area contributed by atoms with E-state index < -0.39 is 35.1 Å². The predicted molar refractivity (Wildman–Crippen MR) is 163 cm³/mol. The van der Waals surface area contributed by atoms with Crippen LogP contribution in [-0.2, 0) is 19.1 Å². The number of ether oxygens (including phenoxy) is 1. The molecule has 1 aromatic carbocycles. The van der Waals surface area contributed by atoms with Gasteiger partial charge in [0.1, 0.15) is 11.6 Å². The van der Waals surface area contributed by atoms with Crippen LogP contribution >= 0.6 is 0 Å². The van der Waals surface area contributed by atoms with Crippen molar-refractivity contribution in [3.05, 3.63) is 61.2 Å². The lowest BCUT2D eigenvalue weighted by Crippen LogP contribution is -2.58. The highest BCUT2D eigenvalue weighted by atomic mass is 16.5. The van der Waals surface area contributed by atoms with Crippen LogP contribution in [0.3, 0.4) is 0 Å². The molecule has 2 bridgehead atoms. The van der Waals surface area contributed by atoms with Crippen molar-refractivity contribution in [2.45, 2.75) is 95.5 Å². The van der Waals surface area contributed by atoms with Gasteiger partial charge in [-0.3, -0.25) is 14.4 Å². The third-order valence-corrected chi connectivity index (χ3v) is 9.81. The first-order chi connectivity index (χ1) is 20.2. The molecule has 1 N–H and O–H groups in total. The molecule has 0 aliphatic carbocycles. The van der Waals surface area contributed by atoms with E-state index in [9.17, 15) is 19.5 Å². The molecular weight excluding hydrogens is 530 g/mol. The molecule has 230 valence electrons. The minimum Gasteiger partial charge on any atom is -0.394 e. The number of carbonyl (C=O) groups is 3. The van der Waals surface area contributed by atoms with Crippen LogP contribution in [0.25, 0.3) is 0 Å². The first-order valence-corrected chi connectivity index (χ1v) is 15.7. The highest BCUT2D eigenvalue weighted by molar-refractivity contribution is 5.99. The zero-order valence-corrected chi connectivity index (χ0v) is 25.8. The van der Waals surface area contributed by atoms with Crippen LogP contribution in [0.1, 0.15) is 77.8 Å². The fourth-order valence-corrected chi connectivity index (χ4v) is 7.95. The predicted octanol–water partition coefficient (Wildman–Crippen LogP) is 4.50. The van der Waals surface area contributed by atoms with Crippen LogP contribution in [0.2, 0.25) is 0 Å². The standard InChI is InChI=1S/C34H49N3O5/c1-7-15-24(6)36(22-10-4)32(41)29-34-19-18-33(11-5,42-34)27(30(39)35(20-8-2)21-9-3)28(34)31(40)37(29)26(23-38)25-16-13-12-14-17-25/h8,10,12-14,16-17,24,26-29,38H,2,4,7,9,11,15,18-23H2,1,3,5-6H3/t24?,26-,27-,28+,29?,33+,34?/m1/s1. The second-order valence-corrected chi connectivity index (χ2v) is 12.2. The zero-order valence-electron chi connectivity index (χ0n) is 25.8. The number of hydrogen-bond donors (Lipinski definition) is 1. The fourth-order valence-electron chi connectivity index (χ4n) is 7.95. The van der Waals surface area contributed by atoms with E-state index >= 15 is 0 Å². The minimum atomic E-state index is -1.16. The molecule has 8 nitrogen and oxygen atoms in total. The first-order valence-electron chi connectivity index (χ1n) is 15.7. The van der Waals surface area contributed by atoms with E-state index in [1.807, 2.05) is 51.1 Å². The number of rotatable bonds is 15. The van der Waals surface area contributed by atoms with E-state index in [2.05, 4.69) is 20.1 Å². The Bertz CT molecular complexity index is 1160. The Kier molecular flexibility index (Phi) is 9.99. The van der Waals surface area contributed by atoms with Crippen molar-refractivity contribution in [3.8, 4) is 0 Å². The van der Waals surface area contributed by atoms with Crippen LogP contribution in [0.4, 0.5) is 0 Å². The van der Waals surface area contributed by atoms with Gasteiger partial charge >= 0.3 is 0 Å². The maximum atomic E-state index is 14.8. The molecule has 7 atom stereocenters. The van der Waals surface area contributed by atoms with E-state index in [1.165, 1.54) is 0 Å². The highest BCUT2D eigenvalue weighted by Gasteiger charge is 2.79. The lowest BCUT2D eigenvalue weighted by Gasteiger charge is -2.41. The molecule has 3 amide bonds. The number of fused-ring (bicyclic) bond motifs is 1. The molecule has 42 heavy (non-hydrogen) atoms. The quantitative estimate of drug-likeness (QED) is 0.309. The van der Waals surface area contributed by atoms with Crippen LogP contribution in [0.15, 0.2) is 55.6 Å². The minimum absolute atomic E-state index is 0.0824. The summed E-state index contributed by atoms with van der Waals surface area (Å²) in [6.07, 6.45) is 7.56. The SMILES string of the molecule is C=CCN(CCC)C(=O)[C@H]1[C@H]2C(=O)N([C@H](CO)c3ccccc3)C(C(=O)N(CC=C)C(C)CCC)C23CC[C@]1(CC)O3. The molecule has 3 fully saturated rings. The third-order valence-electron chi connectivity index (χ3n) is 9.81. The van der Waals surface area contributed by atoms with Crippen molar-refractivity contribution in [3.63, 3.8) is 0 Å². The molecule has 1 aromatic rings. The lowest BCUT2D eigenvalue weighted by molar-refractivity contribution is -0.159. The Morgan fingerprint density at radius 2 is 1.79 bits per heavy atom. The van der Waals surface area contributed by atoms with Crippen molar-refractivity contribution in [2.24, 2.45) is 11.8 Å². The van der Waals surface area contributed by atoms with Crippen LogP contribution in [-0.4, -0.2) is 87.1 Å². The summed E-state index contributed by atoms with van der Waals surface area (Å²) in [6, 6.07) is 7.52. The maximum Gasteiger partial charge on any atom is 0.248 e. The van der Waals surface area contributed by atoms with E-state index in [0.29, 0.717) is 38.9 Å². The number of hydrogen-bond acceptors (Lipinski definition) is 5. The van der Waals surface area contributed by atoms with Crippen LogP contribution < -0.4 is 0 Å². The molecule has 3 aliphatic heterocycles. The number of aliphatic hydroxyl groups excluding tert-OH is 1. The number of aliphatic hydroxyl groups is 1. The smallest absolute Gasteiger partial charge is 0.248 e. The Morgan fingerprint density at radius 1 is 1.10 bits per heavy atom. The summed E-state index contributed by atoms with van der Waals surface area (Å²) in [4.78, 5) is 49.1. The van der Waals surface area contributed by atoms with Crippen molar-refractivity contribution in [1.82, 2.24) is 14.7 Å². The lowest BCUT2D eigenvalue weighted by atomic mass is 9.64. The Morgan fingerprint density at radius 3 is 2.36 bits per heavy atom. The largest absolute Gasteiger partial charge is 0.394 e. The van der Waals surface area contributed by atoms with Gasteiger partial charge in [0, 0.05) is 25.7 Å². The van der Waals surface area contributed by atoms with E-state index in [1.54, 1.807) is 26.9 Å². The van der Waals surface area contributed by atoms with Gasteiger partial charge in [0.15, 0.2) is 0 Å². The second kappa shape index (κ2) is 13.1. The average molecular weight is 580 g/mol. The van der Waals surface area contributed by atoms with E-state index in [-0.39, 0.29) is 30.4 Å². The first kappa shape index (κ1) is 32.0. The molecule has 4 rings (SSSR count). The molecule has 3 saturated heterocycles. The van der Waals surface area contributed by atoms with Crippen LogP contribution in [0, 0.1) is 11.8 Å². The molecule has 8 heteroatoms. The summed E-state index contributed by atoms with van der Waals surface area (Å²) in [7, 11) is 0. The molecule has 3 heterocycles. The molecule has 0 aromatic heterocycles. The monoisotopic (exact) mass is 579 g/mol. The maximum absolute atomic E-state index is 14.8. The summed E-state index contributed by atoms with van der Waals surface area (Å²) in [5.74, 6) is -2.15. The zero-order chi connectivity index (χ0) is 30.7. The van der Waals surface area contributed by atoms with Gasteiger partial charge in [0.2, 0.25) is 17.7 Å². The van der Waals surface area contributed by atoms with Gasteiger partial charge in [-0.1, -0.05) is 69.7 Å². The van der Waals surface area contributed by atoms with Crippen LogP contribution in [0.5, 0.6) is 0 Å². The Balaban J connectivity index is 1.90. The fraction of sp³-hybridized carbons (Fsp3) is 0.618.